The van der Waals surface area contributed by atoms with Crippen molar-refractivity contribution in [3.8, 4) is 0 Å². The molecule has 0 fully saturated rings. The van der Waals surface area contributed by atoms with Crippen molar-refractivity contribution in [1.82, 2.24) is 4.90 Å². The molecule has 6 heteroatoms. The molecule has 21 heavy (non-hydrogen) atoms. The van der Waals surface area contributed by atoms with Crippen molar-refractivity contribution in [3.05, 3.63) is 60.2 Å². The van der Waals surface area contributed by atoms with Crippen molar-refractivity contribution in [2.45, 2.75) is 4.90 Å². The van der Waals surface area contributed by atoms with Gasteiger partial charge in [-0.3, -0.25) is 9.52 Å². The molecular weight excluding hydrogens is 288 g/mol. The van der Waals surface area contributed by atoms with Crippen molar-refractivity contribution >= 4 is 21.6 Å². The second-order valence-corrected chi connectivity index (χ2v) is 6.38. The van der Waals surface area contributed by atoms with Crippen LogP contribution in [0.1, 0.15) is 10.4 Å². The maximum Gasteiger partial charge on any atom is 0.261 e. The Bertz CT molecular complexity index is 723. The molecule has 2 aromatic rings. The van der Waals surface area contributed by atoms with Gasteiger partial charge in [-0.05, 0) is 36.4 Å². The summed E-state index contributed by atoms with van der Waals surface area (Å²) in [7, 11) is -0.365. The van der Waals surface area contributed by atoms with Crippen LogP contribution in [-0.2, 0) is 10.0 Å². The molecule has 2 rings (SSSR count). The van der Waals surface area contributed by atoms with E-state index in [2.05, 4.69) is 4.72 Å². The molecule has 1 amide bonds. The number of sulfonamides is 1. The SMILES string of the molecule is CN(C)C(=O)c1ccc(S(=O)(=O)Nc2ccccc2)cc1. The first-order valence-corrected chi connectivity index (χ1v) is 7.78. The van der Waals surface area contributed by atoms with Crippen LogP contribution in [0.3, 0.4) is 0 Å². The zero-order valence-corrected chi connectivity index (χ0v) is 12.6. The van der Waals surface area contributed by atoms with Crippen LogP contribution in [0.5, 0.6) is 0 Å². The van der Waals surface area contributed by atoms with Crippen LogP contribution in [0.25, 0.3) is 0 Å². The number of carbonyl (C=O) groups excluding carboxylic acids is 1. The minimum absolute atomic E-state index is 0.113. The highest BCUT2D eigenvalue weighted by atomic mass is 32.2. The van der Waals surface area contributed by atoms with Gasteiger partial charge in [-0.25, -0.2) is 8.42 Å². The molecule has 0 spiro atoms. The van der Waals surface area contributed by atoms with Crippen LogP contribution >= 0.6 is 0 Å². The number of nitrogens with zero attached hydrogens (tertiary/aromatic N) is 1. The number of carbonyl (C=O) groups is 1. The number of hydrogen-bond donors (Lipinski definition) is 1. The van der Waals surface area contributed by atoms with Gasteiger partial charge in [-0.15, -0.1) is 0 Å². The lowest BCUT2D eigenvalue weighted by molar-refractivity contribution is 0.0827. The minimum atomic E-state index is -3.65. The van der Waals surface area contributed by atoms with E-state index in [-0.39, 0.29) is 10.8 Å². The van der Waals surface area contributed by atoms with Crippen LogP contribution in [0.4, 0.5) is 5.69 Å². The Kier molecular flexibility index (Phi) is 4.28. The first-order valence-electron chi connectivity index (χ1n) is 6.30. The standard InChI is InChI=1S/C15H16N2O3S/c1-17(2)15(18)12-8-10-14(11-9-12)21(19,20)16-13-6-4-3-5-7-13/h3-11,16H,1-2H3. The summed E-state index contributed by atoms with van der Waals surface area (Å²) in [5.74, 6) is -0.171. The fraction of sp³-hybridized carbons (Fsp3) is 0.133. The van der Waals surface area contributed by atoms with Crippen molar-refractivity contribution in [2.75, 3.05) is 18.8 Å². The Hall–Kier alpha value is -2.34. The first kappa shape index (κ1) is 15.1. The molecule has 0 aromatic heterocycles. The van der Waals surface area contributed by atoms with Gasteiger partial charge in [-0.1, -0.05) is 18.2 Å². The summed E-state index contributed by atoms with van der Waals surface area (Å²) in [4.78, 5) is 13.3. The van der Waals surface area contributed by atoms with E-state index in [9.17, 15) is 13.2 Å². The number of nitrogens with one attached hydrogen (secondary N) is 1. The predicted octanol–water partition coefficient (Wildman–Crippen LogP) is 2.19. The number of amides is 1. The number of hydrogen-bond acceptors (Lipinski definition) is 3. The van der Waals surface area contributed by atoms with Gasteiger partial charge < -0.3 is 4.90 Å². The van der Waals surface area contributed by atoms with Crippen molar-refractivity contribution < 1.29 is 13.2 Å². The van der Waals surface area contributed by atoms with Crippen molar-refractivity contribution in [1.29, 1.82) is 0 Å². The summed E-state index contributed by atoms with van der Waals surface area (Å²) in [5.41, 5.74) is 0.935. The summed E-state index contributed by atoms with van der Waals surface area (Å²) >= 11 is 0. The molecular formula is C15H16N2O3S. The summed E-state index contributed by atoms with van der Waals surface area (Å²) in [6, 6.07) is 14.5. The van der Waals surface area contributed by atoms with E-state index in [0.717, 1.165) is 0 Å². The van der Waals surface area contributed by atoms with Gasteiger partial charge in [0.05, 0.1) is 4.90 Å². The van der Waals surface area contributed by atoms with Gasteiger partial charge in [0.2, 0.25) is 0 Å². The molecule has 0 aliphatic rings. The Morgan fingerprint density at radius 2 is 1.52 bits per heavy atom. The van der Waals surface area contributed by atoms with Gasteiger partial charge >= 0.3 is 0 Å². The van der Waals surface area contributed by atoms with Gasteiger partial charge in [0.25, 0.3) is 15.9 Å². The van der Waals surface area contributed by atoms with E-state index in [1.54, 1.807) is 44.4 Å². The normalized spacial score (nSPS) is 11.0. The van der Waals surface area contributed by atoms with Crippen LogP contribution in [0, 0.1) is 0 Å². The van der Waals surface area contributed by atoms with Crippen molar-refractivity contribution in [3.63, 3.8) is 0 Å². The second kappa shape index (κ2) is 5.97. The highest BCUT2D eigenvalue weighted by Gasteiger charge is 2.15. The average Bonchev–Trinajstić information content (AvgIpc) is 2.47. The first-order chi connectivity index (χ1) is 9.90. The van der Waals surface area contributed by atoms with Gasteiger partial charge in [0.15, 0.2) is 0 Å². The molecule has 0 saturated carbocycles. The lowest BCUT2D eigenvalue weighted by Crippen LogP contribution is -2.21. The molecule has 0 unspecified atom stereocenters. The lowest BCUT2D eigenvalue weighted by atomic mass is 10.2. The quantitative estimate of drug-likeness (QED) is 0.941. The van der Waals surface area contributed by atoms with Crippen LogP contribution < -0.4 is 4.72 Å². The molecule has 0 bridgehead atoms. The van der Waals surface area contributed by atoms with E-state index in [1.807, 2.05) is 0 Å². The molecule has 0 aliphatic carbocycles. The molecule has 5 nitrogen and oxygen atoms in total. The predicted molar refractivity (Wildman–Crippen MR) is 81.7 cm³/mol. The highest BCUT2D eigenvalue weighted by molar-refractivity contribution is 7.92. The molecule has 0 atom stereocenters. The molecule has 2 aromatic carbocycles. The van der Waals surface area contributed by atoms with Gasteiger partial charge in [-0.2, -0.15) is 0 Å². The molecule has 0 radical (unpaired) electrons. The Labute approximate surface area is 124 Å². The van der Waals surface area contributed by atoms with Crippen molar-refractivity contribution in [2.24, 2.45) is 0 Å². The lowest BCUT2D eigenvalue weighted by Gasteiger charge is -2.11. The van der Waals surface area contributed by atoms with Crippen LogP contribution in [0.15, 0.2) is 59.5 Å². The minimum Gasteiger partial charge on any atom is -0.345 e. The van der Waals surface area contributed by atoms with E-state index in [4.69, 9.17) is 0 Å². The Morgan fingerprint density at radius 3 is 2.05 bits per heavy atom. The Balaban J connectivity index is 2.23. The summed E-state index contributed by atoms with van der Waals surface area (Å²) < 4.78 is 26.9. The van der Waals surface area contributed by atoms with E-state index in [1.165, 1.54) is 29.2 Å². The number of anilines is 1. The van der Waals surface area contributed by atoms with E-state index in [0.29, 0.717) is 11.3 Å². The maximum absolute atomic E-state index is 12.2. The smallest absolute Gasteiger partial charge is 0.261 e. The summed E-state index contributed by atoms with van der Waals surface area (Å²) in [5, 5.41) is 0. The van der Waals surface area contributed by atoms with E-state index < -0.39 is 10.0 Å². The maximum atomic E-state index is 12.2. The molecule has 0 saturated heterocycles. The highest BCUT2D eigenvalue weighted by Crippen LogP contribution is 2.16. The van der Waals surface area contributed by atoms with Gasteiger partial charge in [0, 0.05) is 25.3 Å². The molecule has 110 valence electrons. The fourth-order valence-electron chi connectivity index (χ4n) is 1.76. The average molecular weight is 304 g/mol. The largest absolute Gasteiger partial charge is 0.345 e. The third-order valence-corrected chi connectivity index (χ3v) is 4.24. The van der Waals surface area contributed by atoms with Crippen LogP contribution in [-0.4, -0.2) is 33.3 Å². The fourth-order valence-corrected chi connectivity index (χ4v) is 2.81. The van der Waals surface area contributed by atoms with Gasteiger partial charge in [0.1, 0.15) is 0 Å². The third-order valence-electron chi connectivity index (χ3n) is 2.84. The topological polar surface area (TPSA) is 66.5 Å². The number of rotatable bonds is 4. The van der Waals surface area contributed by atoms with Crippen LogP contribution in [0.2, 0.25) is 0 Å². The monoisotopic (exact) mass is 304 g/mol. The number of para-hydroxylation sites is 1. The zero-order chi connectivity index (χ0) is 15.5. The third kappa shape index (κ3) is 3.61. The molecule has 0 aliphatic heterocycles. The summed E-state index contributed by atoms with van der Waals surface area (Å²) in [6.45, 7) is 0. The molecule has 0 heterocycles. The van der Waals surface area contributed by atoms with E-state index >= 15 is 0 Å². The second-order valence-electron chi connectivity index (χ2n) is 4.70. The molecule has 1 N–H and O–H groups in total. The summed E-state index contributed by atoms with van der Waals surface area (Å²) in [6.07, 6.45) is 0. The Morgan fingerprint density at radius 1 is 0.952 bits per heavy atom. The number of benzene rings is 2. The zero-order valence-electron chi connectivity index (χ0n) is 11.8.